The van der Waals surface area contributed by atoms with Crippen LogP contribution in [-0.4, -0.2) is 28.5 Å². The second-order valence-corrected chi connectivity index (χ2v) is 9.43. The van der Waals surface area contributed by atoms with Crippen LogP contribution < -0.4 is 14.8 Å². The highest BCUT2D eigenvalue weighted by molar-refractivity contribution is 7.91. The van der Waals surface area contributed by atoms with E-state index in [4.69, 9.17) is 9.47 Å². The van der Waals surface area contributed by atoms with Crippen molar-refractivity contribution in [2.75, 3.05) is 19.5 Å². The Labute approximate surface area is 173 Å². The number of carbonyl (C=O) groups excluding carboxylic acids is 1. The monoisotopic (exact) mass is 429 g/mol. The van der Waals surface area contributed by atoms with Crippen molar-refractivity contribution in [3.63, 3.8) is 0 Å². The van der Waals surface area contributed by atoms with E-state index in [1.165, 1.54) is 30.6 Å². The molecule has 0 radical (unpaired) electrons. The van der Waals surface area contributed by atoms with E-state index in [-0.39, 0.29) is 28.0 Å². The van der Waals surface area contributed by atoms with Crippen LogP contribution in [0, 0.1) is 0 Å². The standard InChI is InChI=1S/C21H19NO5S2/c1-26-14-6-8-16(9-7-14)29(24,25)18-12-28-21-17(11-19(23)22-20(18)21)13-4-3-5-15(10-13)27-2/h3-10,12,17H,11H2,1-2H3,(H,22,23). The van der Waals surface area contributed by atoms with Gasteiger partial charge in [0.2, 0.25) is 15.7 Å². The molecule has 3 aromatic rings. The number of hydrogen-bond donors (Lipinski definition) is 1. The minimum absolute atomic E-state index is 0.114. The zero-order valence-electron chi connectivity index (χ0n) is 15.8. The Morgan fingerprint density at radius 2 is 1.76 bits per heavy atom. The Balaban J connectivity index is 1.79. The van der Waals surface area contributed by atoms with Crippen LogP contribution in [0.4, 0.5) is 5.69 Å². The van der Waals surface area contributed by atoms with Gasteiger partial charge in [0.25, 0.3) is 0 Å². The molecule has 150 valence electrons. The maximum Gasteiger partial charge on any atom is 0.225 e. The van der Waals surface area contributed by atoms with Gasteiger partial charge in [0.1, 0.15) is 16.4 Å². The average molecular weight is 430 g/mol. The molecule has 1 aliphatic rings. The third kappa shape index (κ3) is 3.49. The summed E-state index contributed by atoms with van der Waals surface area (Å²) in [6, 6.07) is 13.7. The third-order valence-corrected chi connectivity index (χ3v) is 7.95. The van der Waals surface area contributed by atoms with E-state index in [0.717, 1.165) is 10.4 Å². The molecule has 1 aliphatic heterocycles. The molecule has 2 aromatic carbocycles. The number of anilines is 1. The number of hydrogen-bond acceptors (Lipinski definition) is 6. The predicted molar refractivity (Wildman–Crippen MR) is 111 cm³/mol. The van der Waals surface area contributed by atoms with E-state index in [1.54, 1.807) is 24.6 Å². The molecule has 29 heavy (non-hydrogen) atoms. The Morgan fingerprint density at radius 3 is 2.45 bits per heavy atom. The number of methoxy groups -OCH3 is 2. The Kier molecular flexibility index (Phi) is 5.06. The predicted octanol–water partition coefficient (Wildman–Crippen LogP) is 4.07. The molecule has 0 spiro atoms. The number of rotatable bonds is 5. The lowest BCUT2D eigenvalue weighted by Gasteiger charge is -2.24. The number of ether oxygens (including phenoxy) is 2. The second kappa shape index (κ2) is 7.53. The SMILES string of the molecule is COc1ccc(S(=O)(=O)c2csc3c2NC(=O)CC3c2cccc(OC)c2)cc1. The first kappa shape index (κ1) is 19.5. The number of amides is 1. The van der Waals surface area contributed by atoms with Gasteiger partial charge in [0.15, 0.2) is 0 Å². The summed E-state index contributed by atoms with van der Waals surface area (Å²) in [5, 5.41) is 4.37. The summed E-state index contributed by atoms with van der Waals surface area (Å²) in [7, 11) is -0.682. The maximum atomic E-state index is 13.2. The van der Waals surface area contributed by atoms with E-state index in [1.807, 2.05) is 24.3 Å². The molecule has 1 aromatic heterocycles. The number of thiophene rings is 1. The fraction of sp³-hybridized carbons (Fsp3) is 0.190. The van der Waals surface area contributed by atoms with Crippen molar-refractivity contribution in [2.45, 2.75) is 22.1 Å². The highest BCUT2D eigenvalue weighted by Gasteiger charge is 2.34. The van der Waals surface area contributed by atoms with Crippen LogP contribution >= 0.6 is 11.3 Å². The molecule has 8 heteroatoms. The fourth-order valence-electron chi connectivity index (χ4n) is 3.41. The molecule has 4 rings (SSSR count). The van der Waals surface area contributed by atoms with Crippen LogP contribution in [-0.2, 0) is 14.6 Å². The largest absolute Gasteiger partial charge is 0.497 e. The van der Waals surface area contributed by atoms with Crippen molar-refractivity contribution in [1.82, 2.24) is 0 Å². The van der Waals surface area contributed by atoms with E-state index in [2.05, 4.69) is 5.32 Å². The summed E-state index contributed by atoms with van der Waals surface area (Å²) in [5.41, 5.74) is 1.28. The Morgan fingerprint density at radius 1 is 1.03 bits per heavy atom. The van der Waals surface area contributed by atoms with Gasteiger partial charge in [-0.15, -0.1) is 11.3 Å². The summed E-state index contributed by atoms with van der Waals surface area (Å²) in [4.78, 5) is 13.5. The van der Waals surface area contributed by atoms with E-state index < -0.39 is 9.84 Å². The number of carbonyl (C=O) groups is 1. The van der Waals surface area contributed by atoms with Gasteiger partial charge < -0.3 is 14.8 Å². The van der Waals surface area contributed by atoms with Gasteiger partial charge in [0, 0.05) is 22.6 Å². The quantitative estimate of drug-likeness (QED) is 0.661. The normalized spacial score (nSPS) is 16.1. The van der Waals surface area contributed by atoms with Crippen LogP contribution in [0.3, 0.4) is 0 Å². The van der Waals surface area contributed by atoms with Gasteiger partial charge in [-0.2, -0.15) is 0 Å². The molecule has 1 unspecified atom stereocenters. The summed E-state index contributed by atoms with van der Waals surface area (Å²) < 4.78 is 36.8. The van der Waals surface area contributed by atoms with Crippen LogP contribution in [0.5, 0.6) is 11.5 Å². The molecular formula is C21H19NO5S2. The zero-order chi connectivity index (χ0) is 20.6. The molecule has 1 amide bonds. The molecule has 0 aliphatic carbocycles. The molecule has 0 bridgehead atoms. The van der Waals surface area contributed by atoms with Gasteiger partial charge >= 0.3 is 0 Å². The molecule has 2 heterocycles. The first-order valence-electron chi connectivity index (χ1n) is 8.88. The van der Waals surface area contributed by atoms with E-state index in [9.17, 15) is 13.2 Å². The zero-order valence-corrected chi connectivity index (χ0v) is 17.5. The number of nitrogens with one attached hydrogen (secondary N) is 1. The molecule has 1 atom stereocenters. The summed E-state index contributed by atoms with van der Waals surface area (Å²) in [5.74, 6) is 0.828. The van der Waals surface area contributed by atoms with Crippen molar-refractivity contribution in [2.24, 2.45) is 0 Å². The van der Waals surface area contributed by atoms with E-state index >= 15 is 0 Å². The highest BCUT2D eigenvalue weighted by atomic mass is 32.2. The van der Waals surface area contributed by atoms with Crippen molar-refractivity contribution >= 4 is 32.8 Å². The minimum Gasteiger partial charge on any atom is -0.497 e. The third-order valence-electron chi connectivity index (χ3n) is 4.91. The Bertz CT molecular complexity index is 1170. The minimum atomic E-state index is -3.79. The van der Waals surface area contributed by atoms with Gasteiger partial charge in [-0.3, -0.25) is 4.79 Å². The van der Waals surface area contributed by atoms with Gasteiger partial charge in [-0.25, -0.2) is 8.42 Å². The maximum absolute atomic E-state index is 13.2. The van der Waals surface area contributed by atoms with Crippen molar-refractivity contribution in [3.05, 3.63) is 64.4 Å². The van der Waals surface area contributed by atoms with E-state index in [0.29, 0.717) is 17.2 Å². The fourth-order valence-corrected chi connectivity index (χ4v) is 6.32. The molecule has 0 saturated heterocycles. The lowest BCUT2D eigenvalue weighted by Crippen LogP contribution is -2.23. The summed E-state index contributed by atoms with van der Waals surface area (Å²) >= 11 is 1.34. The first-order chi connectivity index (χ1) is 13.9. The van der Waals surface area contributed by atoms with Crippen molar-refractivity contribution < 1.29 is 22.7 Å². The smallest absolute Gasteiger partial charge is 0.225 e. The summed E-state index contributed by atoms with van der Waals surface area (Å²) in [6.07, 6.45) is 0.253. The first-order valence-corrected chi connectivity index (χ1v) is 11.2. The summed E-state index contributed by atoms with van der Waals surface area (Å²) in [6.45, 7) is 0. The second-order valence-electron chi connectivity index (χ2n) is 6.60. The number of sulfone groups is 1. The molecule has 6 nitrogen and oxygen atoms in total. The lowest BCUT2D eigenvalue weighted by molar-refractivity contribution is -0.116. The van der Waals surface area contributed by atoms with Gasteiger partial charge in [-0.05, 0) is 42.0 Å². The van der Waals surface area contributed by atoms with Crippen LogP contribution in [0.25, 0.3) is 0 Å². The van der Waals surface area contributed by atoms with Crippen molar-refractivity contribution in [1.29, 1.82) is 0 Å². The average Bonchev–Trinajstić information content (AvgIpc) is 3.17. The van der Waals surface area contributed by atoms with Gasteiger partial charge in [0.05, 0.1) is 24.8 Å². The van der Waals surface area contributed by atoms with Crippen LogP contribution in [0.2, 0.25) is 0 Å². The molecule has 1 N–H and O–H groups in total. The number of fused-ring (bicyclic) bond motifs is 1. The molecular weight excluding hydrogens is 410 g/mol. The van der Waals surface area contributed by atoms with Crippen LogP contribution in [0.15, 0.2) is 63.7 Å². The Hall–Kier alpha value is -2.84. The topological polar surface area (TPSA) is 81.7 Å². The molecule has 0 saturated carbocycles. The van der Waals surface area contributed by atoms with Crippen LogP contribution in [0.1, 0.15) is 22.8 Å². The van der Waals surface area contributed by atoms with Gasteiger partial charge in [-0.1, -0.05) is 12.1 Å². The number of benzene rings is 2. The highest BCUT2D eigenvalue weighted by Crippen LogP contribution is 2.46. The molecule has 0 fully saturated rings. The lowest BCUT2D eigenvalue weighted by atomic mass is 9.90. The van der Waals surface area contributed by atoms with Crippen molar-refractivity contribution in [3.8, 4) is 11.5 Å².